The normalized spacial score (nSPS) is 16.2. The second kappa shape index (κ2) is 10.6. The maximum absolute atomic E-state index is 13.4. The fourth-order valence-electron chi connectivity index (χ4n) is 5.53. The summed E-state index contributed by atoms with van der Waals surface area (Å²) in [6.07, 6.45) is -2.88. The van der Waals surface area contributed by atoms with Crippen LogP contribution in [-0.4, -0.2) is 53.3 Å². The maximum atomic E-state index is 13.4. The van der Waals surface area contributed by atoms with Crippen molar-refractivity contribution in [3.8, 4) is 5.88 Å². The molecule has 1 amide bonds. The molecule has 200 valence electrons. The fourth-order valence-corrected chi connectivity index (χ4v) is 5.53. The number of pyridine rings is 1. The van der Waals surface area contributed by atoms with Crippen LogP contribution in [0, 0.1) is 19.8 Å². The number of likely N-dealkylation sites (tertiary alicyclic amines) is 1. The minimum Gasteiger partial charge on any atom is -0.482 e. The van der Waals surface area contributed by atoms with Gasteiger partial charge in [0, 0.05) is 40.8 Å². The first kappa shape index (κ1) is 26.8. The van der Waals surface area contributed by atoms with E-state index in [0.717, 1.165) is 16.6 Å². The molecular weight excluding hydrogens is 485 g/mol. The number of carbonyl (C=O) groups excluding carboxylic acids is 1. The Hall–Kier alpha value is -3.27. The molecule has 1 aromatic carbocycles. The van der Waals surface area contributed by atoms with Crippen LogP contribution in [0.1, 0.15) is 53.0 Å². The molecule has 3 heterocycles. The summed E-state index contributed by atoms with van der Waals surface area (Å²) in [6, 6.07) is 9.37. The zero-order chi connectivity index (χ0) is 26.9. The van der Waals surface area contributed by atoms with E-state index in [-0.39, 0.29) is 30.0 Å². The number of rotatable bonds is 7. The van der Waals surface area contributed by atoms with Crippen LogP contribution in [0.4, 0.5) is 13.2 Å². The van der Waals surface area contributed by atoms with E-state index in [9.17, 15) is 22.8 Å². The van der Waals surface area contributed by atoms with Crippen LogP contribution in [0.25, 0.3) is 10.9 Å². The molecule has 1 fully saturated rings. The number of ether oxygens (including phenoxy) is 1. The Kier molecular flexibility index (Phi) is 7.68. The van der Waals surface area contributed by atoms with Gasteiger partial charge in [0.05, 0.1) is 19.2 Å². The number of carbonyl (C=O) groups is 1. The second-order valence-corrected chi connectivity index (χ2v) is 9.83. The summed E-state index contributed by atoms with van der Waals surface area (Å²) in [5.41, 5.74) is 3.10. The number of hydrogen-bond acceptors (Lipinski definition) is 4. The molecule has 2 aromatic heterocycles. The van der Waals surface area contributed by atoms with Gasteiger partial charge in [0.2, 0.25) is 0 Å². The lowest BCUT2D eigenvalue weighted by atomic mass is 9.90. The Morgan fingerprint density at radius 3 is 2.51 bits per heavy atom. The van der Waals surface area contributed by atoms with Crippen molar-refractivity contribution in [3.05, 3.63) is 63.1 Å². The molecule has 0 spiro atoms. The van der Waals surface area contributed by atoms with Gasteiger partial charge in [-0.25, -0.2) is 0 Å². The van der Waals surface area contributed by atoms with E-state index in [1.807, 2.05) is 31.2 Å². The standard InChI is InChI=1S/C27H33F3N4O3/c1-16-13-23(37-4)32-25(35)21(16)14-31-26(36)24-18(3)34(22-8-6-5-7-20(22)24)17(2)19-9-11-33(12-10-19)15-27(28,29)30/h5-8,13,17,19H,9-12,14-15H2,1-4H3,(H,31,36)(H,32,35)/t17-/m1/s1. The highest BCUT2D eigenvalue weighted by Crippen LogP contribution is 2.36. The number of H-pyrrole nitrogens is 1. The second-order valence-electron chi connectivity index (χ2n) is 9.83. The number of aromatic amines is 1. The Bertz CT molecular complexity index is 1340. The molecule has 4 rings (SSSR count). The van der Waals surface area contributed by atoms with E-state index in [2.05, 4.69) is 21.8 Å². The Balaban J connectivity index is 1.56. The molecule has 3 aromatic rings. The molecule has 0 bridgehead atoms. The van der Waals surface area contributed by atoms with Gasteiger partial charge in [-0.3, -0.25) is 19.5 Å². The number of hydrogen-bond donors (Lipinski definition) is 2. The van der Waals surface area contributed by atoms with Gasteiger partial charge in [-0.2, -0.15) is 13.2 Å². The van der Waals surface area contributed by atoms with Gasteiger partial charge >= 0.3 is 6.18 Å². The van der Waals surface area contributed by atoms with Crippen LogP contribution in [0.15, 0.2) is 35.1 Å². The number of fused-ring (bicyclic) bond motifs is 1. The minimum atomic E-state index is -4.19. The molecular formula is C27H33F3N4O3. The molecule has 0 aliphatic carbocycles. The van der Waals surface area contributed by atoms with E-state index in [1.165, 1.54) is 12.0 Å². The smallest absolute Gasteiger partial charge is 0.401 e. The number of benzene rings is 1. The Morgan fingerprint density at radius 2 is 1.89 bits per heavy atom. The Morgan fingerprint density at radius 1 is 1.22 bits per heavy atom. The van der Waals surface area contributed by atoms with Gasteiger partial charge in [-0.05, 0) is 64.3 Å². The molecule has 0 saturated carbocycles. The van der Waals surface area contributed by atoms with Crippen LogP contribution in [0.5, 0.6) is 5.88 Å². The summed E-state index contributed by atoms with van der Waals surface area (Å²) >= 11 is 0. The van der Waals surface area contributed by atoms with Crippen molar-refractivity contribution in [3.63, 3.8) is 0 Å². The van der Waals surface area contributed by atoms with Crippen LogP contribution < -0.4 is 15.6 Å². The van der Waals surface area contributed by atoms with Crippen LogP contribution in [0.2, 0.25) is 0 Å². The van der Waals surface area contributed by atoms with Crippen molar-refractivity contribution < 1.29 is 22.7 Å². The minimum absolute atomic E-state index is 0.00571. The number of piperidine rings is 1. The van der Waals surface area contributed by atoms with Crippen LogP contribution in [0.3, 0.4) is 0 Å². The van der Waals surface area contributed by atoms with Gasteiger partial charge in [0.25, 0.3) is 11.5 Å². The number of methoxy groups -OCH3 is 1. The number of nitrogens with one attached hydrogen (secondary N) is 2. The van der Waals surface area contributed by atoms with E-state index in [1.54, 1.807) is 13.0 Å². The largest absolute Gasteiger partial charge is 0.482 e. The van der Waals surface area contributed by atoms with Crippen molar-refractivity contribution >= 4 is 16.8 Å². The summed E-state index contributed by atoms with van der Waals surface area (Å²) in [7, 11) is 1.47. The third kappa shape index (κ3) is 5.69. The first-order chi connectivity index (χ1) is 17.5. The van der Waals surface area contributed by atoms with Gasteiger partial charge in [0.1, 0.15) is 0 Å². The Labute approximate surface area is 213 Å². The van der Waals surface area contributed by atoms with Crippen molar-refractivity contribution in [2.24, 2.45) is 5.92 Å². The number of nitrogens with zero attached hydrogens (tertiary/aromatic N) is 2. The molecule has 1 atom stereocenters. The van der Waals surface area contributed by atoms with Gasteiger partial charge in [0.15, 0.2) is 5.88 Å². The number of amides is 1. The highest BCUT2D eigenvalue weighted by atomic mass is 19.4. The highest BCUT2D eigenvalue weighted by molar-refractivity contribution is 6.08. The van der Waals surface area contributed by atoms with Gasteiger partial charge in [-0.1, -0.05) is 18.2 Å². The summed E-state index contributed by atoms with van der Waals surface area (Å²) in [5.74, 6) is 0.263. The number of halogens is 3. The molecule has 0 unspecified atom stereocenters. The molecule has 10 heteroatoms. The third-order valence-electron chi connectivity index (χ3n) is 7.49. The van der Waals surface area contributed by atoms with Crippen molar-refractivity contribution in [2.75, 3.05) is 26.7 Å². The summed E-state index contributed by atoms with van der Waals surface area (Å²) < 4.78 is 45.7. The topological polar surface area (TPSA) is 79.4 Å². The number of para-hydroxylation sites is 1. The first-order valence-electron chi connectivity index (χ1n) is 12.4. The van der Waals surface area contributed by atoms with E-state index >= 15 is 0 Å². The highest BCUT2D eigenvalue weighted by Gasteiger charge is 2.34. The van der Waals surface area contributed by atoms with Crippen molar-refractivity contribution in [2.45, 2.75) is 52.4 Å². The number of alkyl halides is 3. The lowest BCUT2D eigenvalue weighted by Gasteiger charge is -2.36. The number of aryl methyl sites for hydroxylation is 1. The van der Waals surface area contributed by atoms with Crippen LogP contribution >= 0.6 is 0 Å². The molecule has 37 heavy (non-hydrogen) atoms. The van der Waals surface area contributed by atoms with Crippen molar-refractivity contribution in [1.29, 1.82) is 0 Å². The first-order valence-corrected chi connectivity index (χ1v) is 12.4. The SMILES string of the molecule is COc1cc(C)c(CNC(=O)c2c(C)n([C@H](C)C3CCN(CC(F)(F)F)CC3)c3ccccc23)c(=O)[nH]1. The monoisotopic (exact) mass is 518 g/mol. The predicted molar refractivity (Wildman–Crippen MR) is 136 cm³/mol. The zero-order valence-corrected chi connectivity index (χ0v) is 21.5. The zero-order valence-electron chi connectivity index (χ0n) is 21.5. The molecule has 7 nitrogen and oxygen atoms in total. The summed E-state index contributed by atoms with van der Waals surface area (Å²) in [6.45, 7) is 5.75. The molecule has 1 aliphatic heterocycles. The van der Waals surface area contributed by atoms with Crippen molar-refractivity contribution in [1.82, 2.24) is 19.8 Å². The van der Waals surface area contributed by atoms with Crippen LogP contribution in [-0.2, 0) is 6.54 Å². The average Bonchev–Trinajstić information content (AvgIpc) is 3.14. The fraction of sp³-hybridized carbons (Fsp3) is 0.481. The quantitative estimate of drug-likeness (QED) is 0.475. The molecule has 1 aliphatic rings. The predicted octanol–water partition coefficient (Wildman–Crippen LogP) is 4.72. The third-order valence-corrected chi connectivity index (χ3v) is 7.49. The summed E-state index contributed by atoms with van der Waals surface area (Å²) in [4.78, 5) is 30.0. The number of aromatic nitrogens is 2. The van der Waals surface area contributed by atoms with Gasteiger partial charge in [-0.15, -0.1) is 0 Å². The summed E-state index contributed by atoms with van der Waals surface area (Å²) in [5, 5.41) is 3.71. The molecule has 0 radical (unpaired) electrons. The molecule has 1 saturated heterocycles. The van der Waals surface area contributed by atoms with E-state index < -0.39 is 12.7 Å². The average molecular weight is 519 g/mol. The van der Waals surface area contributed by atoms with E-state index in [4.69, 9.17) is 4.74 Å². The van der Waals surface area contributed by atoms with E-state index in [0.29, 0.717) is 48.5 Å². The maximum Gasteiger partial charge on any atom is 0.401 e. The lowest BCUT2D eigenvalue weighted by Crippen LogP contribution is -2.41. The molecule has 2 N–H and O–H groups in total. The van der Waals surface area contributed by atoms with Gasteiger partial charge < -0.3 is 14.6 Å². The lowest BCUT2D eigenvalue weighted by molar-refractivity contribution is -0.149.